The molecule has 0 radical (unpaired) electrons. The zero-order chi connectivity index (χ0) is 21.2. The van der Waals surface area contributed by atoms with E-state index in [-0.39, 0.29) is 24.7 Å². The van der Waals surface area contributed by atoms with Gasteiger partial charge in [0.05, 0.1) is 6.21 Å². The molecule has 0 fully saturated rings. The summed E-state index contributed by atoms with van der Waals surface area (Å²) in [5.41, 5.74) is 6.02. The fourth-order valence-corrected chi connectivity index (χ4v) is 2.90. The van der Waals surface area contributed by atoms with Crippen LogP contribution in [0.5, 0.6) is 0 Å². The highest BCUT2D eigenvalue weighted by Gasteiger charge is 2.07. The Bertz CT molecular complexity index is 862. The second kappa shape index (κ2) is 11.2. The average Bonchev–Trinajstić information content (AvgIpc) is 2.71. The monoisotopic (exact) mass is 414 g/mol. The van der Waals surface area contributed by atoms with Crippen LogP contribution in [0.25, 0.3) is 0 Å². The number of benzene rings is 2. The summed E-state index contributed by atoms with van der Waals surface area (Å²) in [5, 5.41) is 7.26. The van der Waals surface area contributed by atoms with Crippen molar-refractivity contribution in [2.75, 3.05) is 23.3 Å². The van der Waals surface area contributed by atoms with E-state index < -0.39 is 0 Å². The van der Waals surface area contributed by atoms with Crippen molar-refractivity contribution < 1.29 is 9.59 Å². The molecule has 0 heterocycles. The first-order valence-corrected chi connectivity index (χ1v) is 10.0. The largest absolute Gasteiger partial charge is 0.372 e. The van der Waals surface area contributed by atoms with Gasteiger partial charge in [0, 0.05) is 42.3 Å². The van der Waals surface area contributed by atoms with Gasteiger partial charge in [0.2, 0.25) is 11.8 Å². The number of aryl methyl sites for hydroxylation is 1. The van der Waals surface area contributed by atoms with Crippen LogP contribution in [0.1, 0.15) is 37.8 Å². The van der Waals surface area contributed by atoms with Gasteiger partial charge in [0.25, 0.3) is 0 Å². The normalized spacial score (nSPS) is 10.8. The molecule has 0 aliphatic carbocycles. The van der Waals surface area contributed by atoms with Crippen molar-refractivity contribution in [1.29, 1.82) is 0 Å². The Hall–Kier alpha value is -2.86. The van der Waals surface area contributed by atoms with E-state index >= 15 is 0 Å². The summed E-state index contributed by atoms with van der Waals surface area (Å²) >= 11 is 6.04. The lowest BCUT2D eigenvalue weighted by Crippen LogP contribution is -2.21. The average molecular weight is 415 g/mol. The standard InChI is InChI=1S/C22H27ClN4O2/c1-4-27(5-2)19-10-7-17(8-11-19)15-24-26-22(29)13-12-21(28)25-18-9-6-16(3)20(23)14-18/h6-11,14-15H,4-5,12-13H2,1-3H3,(H,25,28)(H,26,29). The predicted molar refractivity (Wildman–Crippen MR) is 120 cm³/mol. The third-order valence-electron chi connectivity index (χ3n) is 4.46. The molecule has 0 atom stereocenters. The minimum Gasteiger partial charge on any atom is -0.372 e. The number of anilines is 2. The Labute approximate surface area is 176 Å². The number of halogens is 1. The number of hydrogen-bond acceptors (Lipinski definition) is 4. The minimum atomic E-state index is -0.321. The minimum absolute atomic E-state index is 0.0453. The van der Waals surface area contributed by atoms with Gasteiger partial charge in [-0.3, -0.25) is 9.59 Å². The van der Waals surface area contributed by atoms with Gasteiger partial charge < -0.3 is 10.2 Å². The van der Waals surface area contributed by atoms with Crippen molar-refractivity contribution in [2.24, 2.45) is 5.10 Å². The van der Waals surface area contributed by atoms with Gasteiger partial charge in [-0.1, -0.05) is 29.8 Å². The van der Waals surface area contributed by atoms with Gasteiger partial charge in [-0.05, 0) is 56.2 Å². The summed E-state index contributed by atoms with van der Waals surface area (Å²) in [6, 6.07) is 13.2. The summed E-state index contributed by atoms with van der Waals surface area (Å²) in [5.74, 6) is -0.575. The van der Waals surface area contributed by atoms with Gasteiger partial charge in [-0.15, -0.1) is 0 Å². The zero-order valence-corrected chi connectivity index (χ0v) is 17.8. The quantitative estimate of drug-likeness (QED) is 0.472. The SMILES string of the molecule is CCN(CC)c1ccc(C=NNC(=O)CCC(=O)Nc2ccc(C)c(Cl)c2)cc1. The number of carbonyl (C=O) groups excluding carboxylic acids is 2. The Morgan fingerprint density at radius 2 is 1.69 bits per heavy atom. The first kappa shape index (κ1) is 22.4. The molecule has 0 aliphatic heterocycles. The maximum absolute atomic E-state index is 12.0. The molecule has 0 aromatic heterocycles. The molecule has 0 aliphatic rings. The van der Waals surface area contributed by atoms with Crippen LogP contribution >= 0.6 is 11.6 Å². The Balaban J connectivity index is 1.76. The van der Waals surface area contributed by atoms with Gasteiger partial charge in [-0.2, -0.15) is 5.10 Å². The maximum Gasteiger partial charge on any atom is 0.240 e. The third kappa shape index (κ3) is 7.23. The molecule has 2 aromatic carbocycles. The summed E-state index contributed by atoms with van der Waals surface area (Å²) in [4.78, 5) is 26.1. The van der Waals surface area contributed by atoms with Crippen molar-refractivity contribution in [3.63, 3.8) is 0 Å². The van der Waals surface area contributed by atoms with Crippen LogP contribution < -0.4 is 15.6 Å². The van der Waals surface area contributed by atoms with Crippen LogP contribution in [0.2, 0.25) is 5.02 Å². The molecular weight excluding hydrogens is 388 g/mol. The van der Waals surface area contributed by atoms with E-state index in [0.29, 0.717) is 10.7 Å². The van der Waals surface area contributed by atoms with Crippen LogP contribution in [0.15, 0.2) is 47.6 Å². The molecule has 0 spiro atoms. The van der Waals surface area contributed by atoms with Crippen LogP contribution in [-0.4, -0.2) is 31.1 Å². The number of rotatable bonds is 9. The lowest BCUT2D eigenvalue weighted by Gasteiger charge is -2.20. The fourth-order valence-electron chi connectivity index (χ4n) is 2.72. The van der Waals surface area contributed by atoms with E-state index in [9.17, 15) is 9.59 Å². The summed E-state index contributed by atoms with van der Waals surface area (Å²) in [7, 11) is 0. The molecule has 2 N–H and O–H groups in total. The van der Waals surface area contributed by atoms with Crippen molar-refractivity contribution in [1.82, 2.24) is 5.43 Å². The van der Waals surface area contributed by atoms with Gasteiger partial charge in [-0.25, -0.2) is 5.43 Å². The third-order valence-corrected chi connectivity index (χ3v) is 4.87. The smallest absolute Gasteiger partial charge is 0.240 e. The molecule has 2 amide bonds. The van der Waals surface area contributed by atoms with E-state index in [2.05, 4.69) is 34.6 Å². The van der Waals surface area contributed by atoms with Crippen LogP contribution in [0.3, 0.4) is 0 Å². The van der Waals surface area contributed by atoms with Crippen LogP contribution in [0, 0.1) is 6.92 Å². The van der Waals surface area contributed by atoms with Crippen molar-refractivity contribution in [3.05, 3.63) is 58.6 Å². The molecule has 0 saturated carbocycles. The second-order valence-electron chi connectivity index (χ2n) is 6.57. The lowest BCUT2D eigenvalue weighted by atomic mass is 10.2. The molecule has 7 heteroatoms. The summed E-state index contributed by atoms with van der Waals surface area (Å²) in [6.07, 6.45) is 1.69. The second-order valence-corrected chi connectivity index (χ2v) is 6.98. The van der Waals surface area contributed by atoms with Crippen molar-refractivity contribution >= 4 is 41.0 Å². The molecule has 6 nitrogen and oxygen atoms in total. The van der Waals surface area contributed by atoms with Crippen molar-refractivity contribution in [3.8, 4) is 0 Å². The Kier molecular flexibility index (Phi) is 8.68. The molecule has 29 heavy (non-hydrogen) atoms. The van der Waals surface area contributed by atoms with Crippen LogP contribution in [-0.2, 0) is 9.59 Å². The van der Waals surface area contributed by atoms with E-state index in [1.807, 2.05) is 37.3 Å². The highest BCUT2D eigenvalue weighted by atomic mass is 35.5. The number of nitrogens with one attached hydrogen (secondary N) is 2. The van der Waals surface area contributed by atoms with Crippen LogP contribution in [0.4, 0.5) is 11.4 Å². The zero-order valence-electron chi connectivity index (χ0n) is 17.0. The fraction of sp³-hybridized carbons (Fsp3) is 0.318. The van der Waals surface area contributed by atoms with E-state index in [0.717, 1.165) is 29.9 Å². The predicted octanol–water partition coefficient (Wildman–Crippen LogP) is 4.36. The molecule has 154 valence electrons. The number of hydrogen-bond donors (Lipinski definition) is 2. The lowest BCUT2D eigenvalue weighted by molar-refractivity contribution is -0.124. The van der Waals surface area contributed by atoms with E-state index in [1.165, 1.54) is 0 Å². The molecule has 2 rings (SSSR count). The number of hydrazone groups is 1. The van der Waals surface area contributed by atoms with E-state index in [4.69, 9.17) is 11.6 Å². The Morgan fingerprint density at radius 3 is 2.31 bits per heavy atom. The van der Waals surface area contributed by atoms with E-state index in [1.54, 1.807) is 18.3 Å². The number of nitrogens with zero attached hydrogens (tertiary/aromatic N) is 2. The molecular formula is C22H27ClN4O2. The molecule has 0 bridgehead atoms. The van der Waals surface area contributed by atoms with Gasteiger partial charge in [0.15, 0.2) is 0 Å². The van der Waals surface area contributed by atoms with Crippen molar-refractivity contribution in [2.45, 2.75) is 33.6 Å². The maximum atomic E-state index is 12.0. The highest BCUT2D eigenvalue weighted by molar-refractivity contribution is 6.31. The number of carbonyl (C=O) groups is 2. The summed E-state index contributed by atoms with van der Waals surface area (Å²) in [6.45, 7) is 8.02. The summed E-state index contributed by atoms with van der Waals surface area (Å²) < 4.78 is 0. The Morgan fingerprint density at radius 1 is 1.03 bits per heavy atom. The van der Waals surface area contributed by atoms with Gasteiger partial charge >= 0.3 is 0 Å². The molecule has 0 saturated heterocycles. The molecule has 2 aromatic rings. The topological polar surface area (TPSA) is 73.8 Å². The highest BCUT2D eigenvalue weighted by Crippen LogP contribution is 2.20. The first-order chi connectivity index (χ1) is 13.9. The first-order valence-electron chi connectivity index (χ1n) is 9.65. The molecule has 0 unspecified atom stereocenters. The van der Waals surface area contributed by atoms with Gasteiger partial charge in [0.1, 0.15) is 0 Å². The number of amides is 2.